The number of hydrogen-bond acceptors (Lipinski definition) is 16. The molecule has 78 heavy (non-hydrogen) atoms. The molecular formula is C58H72N12O6S2. The zero-order chi connectivity index (χ0) is 55.9. The highest BCUT2D eigenvalue weighted by molar-refractivity contribution is 7.10. The SMILES string of the molecule is CN1C(=O)[C@@](CCC2CCCCC2)(C[C@H]2CCC[C@@H](NC(=O)c3ccno3)C2)N=C1N.COc1cccc(-c2csc([C@]3(C)CC(=O)N(C)C(N)=N3)c2)c1.C[C@H]1C(=O)N(C)C(N)=N[C@]1(C)c1cc(-c2cccc(C#N)c2)cs1. The zero-order valence-corrected chi connectivity index (χ0v) is 47.3. The van der Waals surface area contributed by atoms with Crippen LogP contribution in [0.15, 0.2) is 103 Å². The second-order valence-electron chi connectivity index (χ2n) is 21.6. The molecule has 5 aromatic rings. The summed E-state index contributed by atoms with van der Waals surface area (Å²) in [5, 5.41) is 19.8. The number of guanidine groups is 3. The maximum absolute atomic E-state index is 13.2. The van der Waals surface area contributed by atoms with Gasteiger partial charge in [-0.3, -0.25) is 33.9 Å². The average molecular weight is 1100 g/mol. The molecule has 2 aromatic carbocycles. The largest absolute Gasteiger partial charge is 0.497 e. The summed E-state index contributed by atoms with van der Waals surface area (Å²) in [5.74, 6) is 2.36. The summed E-state index contributed by atoms with van der Waals surface area (Å²) in [6.07, 6.45) is 14.6. The van der Waals surface area contributed by atoms with Gasteiger partial charge in [-0.05, 0) is 127 Å². The first-order valence-electron chi connectivity index (χ1n) is 26.7. The van der Waals surface area contributed by atoms with E-state index in [2.05, 4.69) is 38.0 Å². The summed E-state index contributed by atoms with van der Waals surface area (Å²) in [7, 11) is 6.67. The van der Waals surface area contributed by atoms with Gasteiger partial charge in [-0.25, -0.2) is 15.0 Å². The molecule has 3 aliphatic heterocycles. The lowest BCUT2D eigenvalue weighted by Crippen LogP contribution is -2.52. The summed E-state index contributed by atoms with van der Waals surface area (Å²) >= 11 is 3.15. The van der Waals surface area contributed by atoms with Crippen LogP contribution in [0.25, 0.3) is 22.3 Å². The van der Waals surface area contributed by atoms with Gasteiger partial charge in [0, 0.05) is 43.0 Å². The minimum Gasteiger partial charge on any atom is -0.497 e. The van der Waals surface area contributed by atoms with Crippen molar-refractivity contribution in [1.29, 1.82) is 5.26 Å². The minimum absolute atomic E-state index is 0.0173. The van der Waals surface area contributed by atoms with Gasteiger partial charge in [0.2, 0.25) is 17.6 Å². The van der Waals surface area contributed by atoms with Crippen LogP contribution in [-0.2, 0) is 25.5 Å². The lowest BCUT2D eigenvalue weighted by atomic mass is 9.74. The molecule has 6 heterocycles. The zero-order valence-electron chi connectivity index (χ0n) is 45.7. The van der Waals surface area contributed by atoms with Gasteiger partial charge < -0.3 is 31.8 Å². The molecule has 3 aromatic heterocycles. The van der Waals surface area contributed by atoms with Crippen LogP contribution in [0.5, 0.6) is 5.75 Å². The standard InChI is InChI=1S/C23H35N5O3.C18H18N4OS.C17H19N3O2S/c1-28-21(30)23(27-22(28)24,12-10-16-6-3-2-4-7-16)15-17-8-5-9-18(14-17)26-20(29)19-11-13-25-31-19;1-11-16(23)22(3)17(20)21-18(11,2)15-8-14(10-24-15)13-6-4-5-12(7-13)9-19;1-17(9-15(21)20(2)16(18)19-17)14-8-12(10-23-14)11-5-4-6-13(7-11)22-3/h11,13,16-18H,2-10,12,14-15H2,1H3,(H2,24,27)(H,26,29);4-8,10-11H,1-3H3,(H2,20,21);4-8,10H,9H2,1-3H3,(H2,18,19)/t17-,18+,23+;11-,18-;17-/m000/s1. The summed E-state index contributed by atoms with van der Waals surface area (Å²) in [6, 6.07) is 23.3. The molecule has 0 radical (unpaired) electrons. The number of benzene rings is 2. The highest BCUT2D eigenvalue weighted by Crippen LogP contribution is 2.44. The summed E-state index contributed by atoms with van der Waals surface area (Å²) in [6.45, 7) is 5.77. The van der Waals surface area contributed by atoms with Crippen molar-refractivity contribution < 1.29 is 28.4 Å². The maximum Gasteiger partial charge on any atom is 0.290 e. The molecule has 10 rings (SSSR count). The second-order valence-corrected chi connectivity index (χ2v) is 23.4. The molecule has 7 N–H and O–H groups in total. The highest BCUT2D eigenvalue weighted by Gasteiger charge is 2.48. The monoisotopic (exact) mass is 1100 g/mol. The van der Waals surface area contributed by atoms with Gasteiger partial charge in [0.1, 0.15) is 22.4 Å². The molecule has 0 bridgehead atoms. The number of aliphatic imine (C=N–C) groups is 3. The topological polar surface area (TPSA) is 264 Å². The Kier molecular flexibility index (Phi) is 17.6. The Morgan fingerprint density at radius 3 is 2.10 bits per heavy atom. The molecular weight excluding hydrogens is 1020 g/mol. The van der Waals surface area contributed by atoms with Crippen molar-refractivity contribution in [2.75, 3.05) is 28.3 Å². The van der Waals surface area contributed by atoms with E-state index in [1.54, 1.807) is 63.1 Å². The lowest BCUT2D eigenvalue weighted by molar-refractivity contribution is -0.133. The molecule has 412 valence electrons. The number of carbonyl (C=O) groups excluding carboxylic acids is 4. The molecule has 0 unspecified atom stereocenters. The van der Waals surface area contributed by atoms with E-state index in [-0.39, 0.29) is 53.3 Å². The van der Waals surface area contributed by atoms with Gasteiger partial charge in [-0.1, -0.05) is 81.3 Å². The number of carbonyl (C=O) groups is 4. The number of likely N-dealkylation sites (N-methyl/N-ethyl adjacent to an activating group) is 1. The molecule has 4 amide bonds. The Morgan fingerprint density at radius 1 is 0.795 bits per heavy atom. The van der Waals surface area contributed by atoms with Crippen molar-refractivity contribution in [1.82, 2.24) is 25.2 Å². The van der Waals surface area contributed by atoms with Crippen molar-refractivity contribution in [3.05, 3.63) is 105 Å². The molecule has 2 aliphatic carbocycles. The van der Waals surface area contributed by atoms with Crippen LogP contribution in [0.3, 0.4) is 0 Å². The van der Waals surface area contributed by atoms with Crippen LogP contribution >= 0.6 is 22.7 Å². The molecule has 0 saturated heterocycles. The first-order chi connectivity index (χ1) is 37.3. The fraction of sp³-hybridized carbons (Fsp3) is 0.466. The number of nitrogens with one attached hydrogen (secondary N) is 1. The Labute approximate surface area is 464 Å². The third-order valence-electron chi connectivity index (χ3n) is 16.2. The van der Waals surface area contributed by atoms with E-state index in [0.717, 1.165) is 76.3 Å². The fourth-order valence-corrected chi connectivity index (χ4v) is 13.4. The fourth-order valence-electron chi connectivity index (χ4n) is 11.2. The van der Waals surface area contributed by atoms with E-state index in [4.69, 9.17) is 36.7 Å². The Bertz CT molecular complexity index is 3120. The predicted molar refractivity (Wildman–Crippen MR) is 305 cm³/mol. The highest BCUT2D eigenvalue weighted by atomic mass is 32.1. The molecule has 20 heteroatoms. The Hall–Kier alpha value is -7.37. The summed E-state index contributed by atoms with van der Waals surface area (Å²) in [5.41, 5.74) is 20.7. The van der Waals surface area contributed by atoms with Crippen molar-refractivity contribution in [3.63, 3.8) is 0 Å². The van der Waals surface area contributed by atoms with Crippen LogP contribution in [0.1, 0.15) is 130 Å². The van der Waals surface area contributed by atoms with Crippen LogP contribution in [0, 0.1) is 29.1 Å². The van der Waals surface area contributed by atoms with E-state index >= 15 is 0 Å². The second kappa shape index (κ2) is 24.1. The first-order valence-corrected chi connectivity index (χ1v) is 28.4. The van der Waals surface area contributed by atoms with Gasteiger partial charge in [-0.15, -0.1) is 22.7 Å². The van der Waals surface area contributed by atoms with E-state index in [0.29, 0.717) is 36.2 Å². The smallest absolute Gasteiger partial charge is 0.290 e. The molecule has 2 saturated carbocycles. The van der Waals surface area contributed by atoms with E-state index in [9.17, 15) is 19.2 Å². The van der Waals surface area contributed by atoms with E-state index < -0.39 is 16.6 Å². The van der Waals surface area contributed by atoms with Crippen molar-refractivity contribution in [2.45, 2.75) is 127 Å². The molecule has 2 fully saturated rings. The number of ether oxygens (including phenoxy) is 1. The van der Waals surface area contributed by atoms with Crippen LogP contribution in [0.2, 0.25) is 0 Å². The van der Waals surface area contributed by atoms with Crippen LogP contribution in [0.4, 0.5) is 0 Å². The van der Waals surface area contributed by atoms with Crippen molar-refractivity contribution in [3.8, 4) is 34.1 Å². The van der Waals surface area contributed by atoms with Crippen LogP contribution in [-0.4, -0.2) is 101 Å². The number of nitrogens with zero attached hydrogens (tertiary/aromatic N) is 8. The number of nitrogens with two attached hydrogens (primary N) is 3. The number of rotatable bonds is 12. The molecule has 18 nitrogen and oxygen atoms in total. The predicted octanol–water partition coefficient (Wildman–Crippen LogP) is 8.98. The number of amides is 4. The molecule has 5 aliphatic rings. The molecule has 0 spiro atoms. The first kappa shape index (κ1) is 56.8. The third kappa shape index (κ3) is 12.5. The van der Waals surface area contributed by atoms with Crippen molar-refractivity contribution >= 4 is 64.2 Å². The molecule has 6 atom stereocenters. The number of methoxy groups -OCH3 is 1. The van der Waals surface area contributed by atoms with Gasteiger partial charge >= 0.3 is 0 Å². The Morgan fingerprint density at radius 2 is 1.45 bits per heavy atom. The number of nitriles is 1. The summed E-state index contributed by atoms with van der Waals surface area (Å²) < 4.78 is 10.2. The average Bonchev–Trinajstić information content (AvgIpc) is 4.31. The number of hydrogen-bond donors (Lipinski definition) is 4. The quantitative estimate of drug-likeness (QED) is 0.0916. The van der Waals surface area contributed by atoms with Gasteiger partial charge in [-0.2, -0.15) is 5.26 Å². The lowest BCUT2D eigenvalue weighted by Gasteiger charge is -2.37. The van der Waals surface area contributed by atoms with Gasteiger partial charge in [0.15, 0.2) is 17.9 Å². The normalized spacial score (nSPS) is 25.4. The van der Waals surface area contributed by atoms with E-state index in [1.807, 2.05) is 74.7 Å². The van der Waals surface area contributed by atoms with Crippen molar-refractivity contribution in [2.24, 2.45) is 49.9 Å². The Balaban J connectivity index is 0.000000157. The van der Waals surface area contributed by atoms with E-state index in [1.165, 1.54) is 53.0 Å². The number of thiophene rings is 2. The number of aromatic nitrogens is 1. The third-order valence-corrected chi connectivity index (χ3v) is 18.6. The van der Waals surface area contributed by atoms with Gasteiger partial charge in [0.05, 0.1) is 37.3 Å². The maximum atomic E-state index is 13.2. The van der Waals surface area contributed by atoms with Gasteiger partial charge in [0.25, 0.3) is 11.8 Å². The minimum atomic E-state index is -0.738. The summed E-state index contributed by atoms with van der Waals surface area (Å²) in [4.78, 5) is 70.3. The van der Waals surface area contributed by atoms with Crippen LogP contribution < -0.4 is 27.3 Å².